The van der Waals surface area contributed by atoms with Crippen LogP contribution in [0.15, 0.2) is 41.5 Å². The molecule has 0 spiro atoms. The molecule has 0 aliphatic rings. The zero-order valence-electron chi connectivity index (χ0n) is 14.3. The number of carbonyl (C=O) groups is 1. The summed E-state index contributed by atoms with van der Waals surface area (Å²) in [5.74, 6) is -0.778. The molecule has 1 amide bonds. The molecule has 0 radical (unpaired) electrons. The maximum Gasteiger partial charge on any atom is 0.277 e. The highest BCUT2D eigenvalue weighted by atomic mass is 16.6. The lowest BCUT2D eigenvalue weighted by Crippen LogP contribution is -2.19. The molecule has 0 aromatic heterocycles. The molecular weight excluding hydrogens is 340 g/mol. The molecular formula is C17H16N4O5. The average Bonchev–Trinajstić information content (AvgIpc) is 2.61. The smallest absolute Gasteiger partial charge is 0.267 e. The Morgan fingerprint density at radius 3 is 2.00 bits per heavy atom. The number of nitro benzene ring substituents is 2. The number of carbonyl (C=O) groups excluding carboxylic acids is 1. The molecule has 0 aliphatic heterocycles. The van der Waals surface area contributed by atoms with Crippen molar-refractivity contribution >= 4 is 23.0 Å². The minimum Gasteiger partial charge on any atom is -0.267 e. The van der Waals surface area contributed by atoms with E-state index in [0.717, 1.165) is 34.9 Å². The normalized spacial score (nSPS) is 11.1. The summed E-state index contributed by atoms with van der Waals surface area (Å²) in [6.45, 7) is 5.62. The fourth-order valence-electron chi connectivity index (χ4n) is 2.17. The van der Waals surface area contributed by atoms with Crippen LogP contribution in [0.4, 0.5) is 11.4 Å². The number of benzene rings is 2. The number of hydrogen-bond donors (Lipinski definition) is 1. The van der Waals surface area contributed by atoms with Crippen LogP contribution in [0, 0.1) is 34.1 Å². The zero-order chi connectivity index (χ0) is 19.4. The van der Waals surface area contributed by atoms with Gasteiger partial charge in [-0.1, -0.05) is 12.1 Å². The molecule has 0 aliphatic carbocycles. The minimum atomic E-state index is -0.798. The Morgan fingerprint density at radius 2 is 1.50 bits per heavy atom. The van der Waals surface area contributed by atoms with Gasteiger partial charge in [-0.05, 0) is 43.5 Å². The third-order valence-corrected chi connectivity index (χ3v) is 3.84. The first-order valence-electron chi connectivity index (χ1n) is 7.55. The van der Waals surface area contributed by atoms with E-state index in [1.807, 2.05) is 32.0 Å². The SMILES string of the molecule is C/C(=N\NC(=O)c1cc([N+](=O)[O-])cc([N+](=O)[O-])c1)c1ccc(C)c(C)c1. The number of aryl methyl sites for hydroxylation is 2. The number of non-ortho nitro benzene ring substituents is 2. The fraction of sp³-hybridized carbons (Fsp3) is 0.176. The Morgan fingerprint density at radius 1 is 0.923 bits per heavy atom. The van der Waals surface area contributed by atoms with Gasteiger partial charge in [-0.15, -0.1) is 0 Å². The minimum absolute atomic E-state index is 0.220. The van der Waals surface area contributed by atoms with Crippen molar-refractivity contribution in [3.63, 3.8) is 0 Å². The number of nitro groups is 2. The number of nitrogens with zero attached hydrogens (tertiary/aromatic N) is 3. The van der Waals surface area contributed by atoms with Crippen LogP contribution in [-0.2, 0) is 0 Å². The average molecular weight is 356 g/mol. The van der Waals surface area contributed by atoms with Crippen LogP contribution in [-0.4, -0.2) is 21.5 Å². The second-order valence-corrected chi connectivity index (χ2v) is 5.69. The van der Waals surface area contributed by atoms with Crippen molar-refractivity contribution in [2.75, 3.05) is 0 Å². The number of amides is 1. The van der Waals surface area contributed by atoms with Crippen LogP contribution < -0.4 is 5.43 Å². The van der Waals surface area contributed by atoms with Gasteiger partial charge >= 0.3 is 0 Å². The van der Waals surface area contributed by atoms with Gasteiger partial charge in [0.1, 0.15) is 0 Å². The van der Waals surface area contributed by atoms with Gasteiger partial charge in [0.25, 0.3) is 17.3 Å². The van der Waals surface area contributed by atoms with E-state index >= 15 is 0 Å². The lowest BCUT2D eigenvalue weighted by Gasteiger charge is -2.06. The van der Waals surface area contributed by atoms with Gasteiger partial charge in [0.15, 0.2) is 0 Å². The van der Waals surface area contributed by atoms with E-state index in [2.05, 4.69) is 10.5 Å². The van der Waals surface area contributed by atoms with Crippen molar-refractivity contribution in [2.24, 2.45) is 5.10 Å². The molecule has 2 rings (SSSR count). The lowest BCUT2D eigenvalue weighted by molar-refractivity contribution is -0.394. The molecule has 9 nitrogen and oxygen atoms in total. The Balaban J connectivity index is 2.27. The first-order valence-corrected chi connectivity index (χ1v) is 7.55. The molecule has 0 fully saturated rings. The monoisotopic (exact) mass is 356 g/mol. The van der Waals surface area contributed by atoms with Crippen molar-refractivity contribution in [1.29, 1.82) is 0 Å². The first-order chi connectivity index (χ1) is 12.2. The van der Waals surface area contributed by atoms with Crippen LogP contribution in [0.5, 0.6) is 0 Å². The molecule has 0 bridgehead atoms. The highest BCUT2D eigenvalue weighted by Gasteiger charge is 2.19. The number of rotatable bonds is 5. The van der Waals surface area contributed by atoms with Crippen LogP contribution in [0.25, 0.3) is 0 Å². The van der Waals surface area contributed by atoms with E-state index in [0.29, 0.717) is 5.71 Å². The van der Waals surface area contributed by atoms with Crippen molar-refractivity contribution in [1.82, 2.24) is 5.43 Å². The Labute approximate surface area is 148 Å². The molecule has 2 aromatic rings. The summed E-state index contributed by atoms with van der Waals surface area (Å²) in [6, 6.07) is 8.41. The zero-order valence-corrected chi connectivity index (χ0v) is 14.3. The Bertz CT molecular complexity index is 904. The summed E-state index contributed by atoms with van der Waals surface area (Å²) < 4.78 is 0. The summed E-state index contributed by atoms with van der Waals surface area (Å²) in [4.78, 5) is 32.4. The quantitative estimate of drug-likeness (QED) is 0.499. The second-order valence-electron chi connectivity index (χ2n) is 5.69. The topological polar surface area (TPSA) is 128 Å². The molecule has 1 N–H and O–H groups in total. The number of hydrazone groups is 1. The lowest BCUT2D eigenvalue weighted by atomic mass is 10.0. The van der Waals surface area contributed by atoms with E-state index in [4.69, 9.17) is 0 Å². The maximum atomic E-state index is 12.2. The predicted octanol–water partition coefficient (Wildman–Crippen LogP) is 3.27. The molecule has 0 unspecified atom stereocenters. The van der Waals surface area contributed by atoms with Crippen molar-refractivity contribution < 1.29 is 14.6 Å². The highest BCUT2D eigenvalue weighted by molar-refractivity contribution is 6.01. The molecule has 0 saturated carbocycles. The van der Waals surface area contributed by atoms with Crippen LogP contribution in [0.2, 0.25) is 0 Å². The molecule has 0 heterocycles. The maximum absolute atomic E-state index is 12.2. The third-order valence-electron chi connectivity index (χ3n) is 3.84. The van der Waals surface area contributed by atoms with Crippen LogP contribution >= 0.6 is 0 Å². The van der Waals surface area contributed by atoms with Crippen LogP contribution in [0.1, 0.15) is 34.0 Å². The van der Waals surface area contributed by atoms with Gasteiger partial charge in [0, 0.05) is 12.1 Å². The summed E-state index contributed by atoms with van der Waals surface area (Å²) in [6.07, 6.45) is 0. The summed E-state index contributed by atoms with van der Waals surface area (Å²) in [5, 5.41) is 25.7. The van der Waals surface area contributed by atoms with Gasteiger partial charge in [0.2, 0.25) is 0 Å². The van der Waals surface area contributed by atoms with E-state index in [-0.39, 0.29) is 5.56 Å². The molecule has 9 heteroatoms. The summed E-state index contributed by atoms with van der Waals surface area (Å²) >= 11 is 0. The standard InChI is InChI=1S/C17H16N4O5/c1-10-4-5-13(6-11(10)2)12(3)18-19-17(22)14-7-15(20(23)24)9-16(8-14)21(25)26/h4-9H,1-3H3,(H,19,22)/b18-12+. The Kier molecular flexibility index (Phi) is 5.41. The molecule has 0 saturated heterocycles. The van der Waals surface area contributed by atoms with Gasteiger partial charge in [-0.3, -0.25) is 25.0 Å². The largest absolute Gasteiger partial charge is 0.277 e. The van der Waals surface area contributed by atoms with Crippen molar-refractivity contribution in [2.45, 2.75) is 20.8 Å². The van der Waals surface area contributed by atoms with E-state index in [9.17, 15) is 25.0 Å². The second kappa shape index (κ2) is 7.51. The molecule has 2 aromatic carbocycles. The first kappa shape index (κ1) is 18.7. The van der Waals surface area contributed by atoms with Gasteiger partial charge in [0.05, 0.1) is 27.2 Å². The van der Waals surface area contributed by atoms with Crippen molar-refractivity contribution in [3.8, 4) is 0 Å². The third kappa shape index (κ3) is 4.26. The van der Waals surface area contributed by atoms with E-state index in [1.165, 1.54) is 0 Å². The number of nitrogens with one attached hydrogen (secondary N) is 1. The predicted molar refractivity (Wildman–Crippen MR) is 95.3 cm³/mol. The highest BCUT2D eigenvalue weighted by Crippen LogP contribution is 2.22. The summed E-state index contributed by atoms with van der Waals surface area (Å²) in [7, 11) is 0. The molecule has 134 valence electrons. The fourth-order valence-corrected chi connectivity index (χ4v) is 2.17. The summed E-state index contributed by atoms with van der Waals surface area (Å²) in [5.41, 5.74) is 4.48. The van der Waals surface area contributed by atoms with Gasteiger partial charge < -0.3 is 0 Å². The Hall–Kier alpha value is -3.62. The van der Waals surface area contributed by atoms with Crippen molar-refractivity contribution in [3.05, 3.63) is 78.9 Å². The van der Waals surface area contributed by atoms with Gasteiger partial charge in [-0.25, -0.2) is 5.43 Å². The van der Waals surface area contributed by atoms with E-state index in [1.54, 1.807) is 6.92 Å². The van der Waals surface area contributed by atoms with Gasteiger partial charge in [-0.2, -0.15) is 5.10 Å². The van der Waals surface area contributed by atoms with Crippen LogP contribution in [0.3, 0.4) is 0 Å². The number of hydrogen-bond acceptors (Lipinski definition) is 6. The van der Waals surface area contributed by atoms with E-state index < -0.39 is 27.1 Å². The molecule has 26 heavy (non-hydrogen) atoms. The molecule has 0 atom stereocenters.